The summed E-state index contributed by atoms with van der Waals surface area (Å²) in [6.45, 7) is 4.32. The van der Waals surface area contributed by atoms with Gasteiger partial charge in [0.2, 0.25) is 0 Å². The predicted octanol–water partition coefficient (Wildman–Crippen LogP) is 17.5. The molecule has 404 valence electrons. The zero-order chi connectivity index (χ0) is 51.3. The quantitative estimate of drug-likeness (QED) is 0.0211. The van der Waals surface area contributed by atoms with Crippen molar-refractivity contribution in [1.82, 2.24) is 0 Å². The number of hydrogen-bond acceptors (Lipinski definition) is 7. The van der Waals surface area contributed by atoms with Gasteiger partial charge in [0.1, 0.15) is 19.8 Å². The summed E-state index contributed by atoms with van der Waals surface area (Å²) >= 11 is 0. The number of hydrogen-bond donors (Lipinski definition) is 1. The predicted molar refractivity (Wildman–Crippen MR) is 298 cm³/mol. The molecule has 10 heteroatoms. The Balaban J connectivity index is 4.17. The lowest BCUT2D eigenvalue weighted by molar-refractivity contribution is -0.870. The molecule has 0 heterocycles. The van der Waals surface area contributed by atoms with Gasteiger partial charge >= 0.3 is 19.8 Å². The van der Waals surface area contributed by atoms with Gasteiger partial charge in [-0.2, -0.15) is 0 Å². The second-order valence-electron chi connectivity index (χ2n) is 19.9. The zero-order valence-corrected chi connectivity index (χ0v) is 46.6. The SMILES string of the molecule is CC/C=C\C/C=C\C/C=C\C/C=C\C/C=C\C/C=C\C/C=C\CCCCCCCCCCCC(=O)OC(COC(=O)CCCCCCCCCCCCCCCCC)COP(=O)(O)OCC[N+](C)(C)C. The summed E-state index contributed by atoms with van der Waals surface area (Å²) < 4.78 is 34.5. The highest BCUT2D eigenvalue weighted by Gasteiger charge is 2.27. The van der Waals surface area contributed by atoms with Crippen LogP contribution in [0.25, 0.3) is 0 Å². The summed E-state index contributed by atoms with van der Waals surface area (Å²) in [5.74, 6) is -0.802. The summed E-state index contributed by atoms with van der Waals surface area (Å²) in [6.07, 6.45) is 67.9. The summed E-state index contributed by atoms with van der Waals surface area (Å²) in [6, 6.07) is 0. The number of rotatable bonds is 51. The number of unbranched alkanes of at least 4 members (excludes halogenated alkanes) is 23. The first kappa shape index (κ1) is 67.2. The number of likely N-dealkylation sites (N-methyl/N-ethyl adjacent to an activating group) is 1. The minimum Gasteiger partial charge on any atom is -0.462 e. The number of phosphoric ester groups is 1. The average Bonchev–Trinajstić information content (AvgIpc) is 3.32. The first-order valence-corrected chi connectivity index (χ1v) is 29.8. The highest BCUT2D eigenvalue weighted by Crippen LogP contribution is 2.43. The van der Waals surface area contributed by atoms with E-state index in [0.717, 1.165) is 89.9 Å². The van der Waals surface area contributed by atoms with Gasteiger partial charge in [-0.3, -0.25) is 18.6 Å². The molecule has 1 N–H and O–H groups in total. The fourth-order valence-corrected chi connectivity index (χ4v) is 8.33. The Hall–Kier alpha value is -2.81. The van der Waals surface area contributed by atoms with E-state index in [0.29, 0.717) is 17.4 Å². The van der Waals surface area contributed by atoms with Crippen molar-refractivity contribution in [2.24, 2.45) is 0 Å². The maximum atomic E-state index is 12.8. The molecule has 2 atom stereocenters. The molecule has 0 spiro atoms. The number of phosphoric acid groups is 1. The molecule has 0 radical (unpaired) electrons. The van der Waals surface area contributed by atoms with Crippen LogP contribution in [0.1, 0.15) is 232 Å². The Labute approximate surface area is 431 Å². The minimum atomic E-state index is -4.39. The molecule has 0 fully saturated rings. The lowest BCUT2D eigenvalue weighted by Gasteiger charge is -2.24. The smallest absolute Gasteiger partial charge is 0.462 e. The van der Waals surface area contributed by atoms with E-state index in [1.165, 1.54) is 109 Å². The zero-order valence-electron chi connectivity index (χ0n) is 45.7. The molecule has 0 aromatic carbocycles. The Morgan fingerprint density at radius 3 is 1.21 bits per heavy atom. The van der Waals surface area contributed by atoms with Crippen LogP contribution in [-0.2, 0) is 32.7 Å². The number of allylic oxidation sites excluding steroid dienone is 14. The van der Waals surface area contributed by atoms with E-state index in [-0.39, 0.29) is 32.0 Å². The van der Waals surface area contributed by atoms with Crippen LogP contribution in [0.5, 0.6) is 0 Å². The van der Waals surface area contributed by atoms with Gasteiger partial charge in [-0.15, -0.1) is 0 Å². The lowest BCUT2D eigenvalue weighted by atomic mass is 10.0. The van der Waals surface area contributed by atoms with Gasteiger partial charge in [0.15, 0.2) is 6.10 Å². The van der Waals surface area contributed by atoms with Gasteiger partial charge in [0, 0.05) is 12.8 Å². The maximum absolute atomic E-state index is 12.8. The van der Waals surface area contributed by atoms with E-state index in [9.17, 15) is 19.0 Å². The molecular weight excluding hydrogens is 894 g/mol. The molecule has 0 saturated carbocycles. The lowest BCUT2D eigenvalue weighted by Crippen LogP contribution is -2.37. The number of carbonyl (C=O) groups is 2. The molecule has 0 bridgehead atoms. The topological polar surface area (TPSA) is 108 Å². The fraction of sp³-hybridized carbons (Fsp3) is 0.733. The number of esters is 2. The maximum Gasteiger partial charge on any atom is 0.472 e. The monoisotopic (exact) mass is 1000 g/mol. The Morgan fingerprint density at radius 2 is 0.814 bits per heavy atom. The highest BCUT2D eigenvalue weighted by atomic mass is 31.2. The fourth-order valence-electron chi connectivity index (χ4n) is 7.58. The van der Waals surface area contributed by atoms with Crippen molar-refractivity contribution in [3.63, 3.8) is 0 Å². The van der Waals surface area contributed by atoms with Crippen molar-refractivity contribution < 1.29 is 42.1 Å². The van der Waals surface area contributed by atoms with E-state index in [1.54, 1.807) is 0 Å². The summed E-state index contributed by atoms with van der Waals surface area (Å²) in [5, 5.41) is 0. The van der Waals surface area contributed by atoms with Crippen LogP contribution in [0.2, 0.25) is 0 Å². The molecule has 0 aliphatic carbocycles. The van der Waals surface area contributed by atoms with Crippen molar-refractivity contribution in [1.29, 1.82) is 0 Å². The summed E-state index contributed by atoms with van der Waals surface area (Å²) in [4.78, 5) is 35.6. The number of carbonyl (C=O) groups excluding carboxylic acids is 2. The number of quaternary nitrogens is 1. The third-order valence-corrected chi connectivity index (χ3v) is 12.9. The molecule has 2 unspecified atom stereocenters. The minimum absolute atomic E-state index is 0.0282. The summed E-state index contributed by atoms with van der Waals surface area (Å²) in [7, 11) is 1.47. The molecular formula is C60H107NO8P+. The Kier molecular flexibility index (Phi) is 49.1. The molecule has 0 aromatic heterocycles. The van der Waals surface area contributed by atoms with Crippen LogP contribution in [0.15, 0.2) is 85.1 Å². The van der Waals surface area contributed by atoms with Crippen LogP contribution < -0.4 is 0 Å². The van der Waals surface area contributed by atoms with Crippen molar-refractivity contribution in [2.45, 2.75) is 238 Å². The first-order chi connectivity index (χ1) is 34.0. The van der Waals surface area contributed by atoms with E-state index in [4.69, 9.17) is 18.5 Å². The Bertz CT molecular complexity index is 1460. The van der Waals surface area contributed by atoms with Crippen LogP contribution in [0, 0.1) is 0 Å². The van der Waals surface area contributed by atoms with Crippen molar-refractivity contribution >= 4 is 19.8 Å². The second kappa shape index (κ2) is 51.1. The number of nitrogens with zero attached hydrogens (tertiary/aromatic N) is 1. The molecule has 0 aromatic rings. The average molecular weight is 1000 g/mol. The van der Waals surface area contributed by atoms with Gasteiger partial charge in [-0.05, 0) is 70.6 Å². The number of ether oxygens (including phenoxy) is 2. The van der Waals surface area contributed by atoms with Gasteiger partial charge < -0.3 is 18.9 Å². The van der Waals surface area contributed by atoms with E-state index in [2.05, 4.69) is 98.9 Å². The van der Waals surface area contributed by atoms with Crippen molar-refractivity contribution in [3.05, 3.63) is 85.1 Å². The second-order valence-corrected chi connectivity index (χ2v) is 21.4. The molecule has 0 saturated heterocycles. The Morgan fingerprint density at radius 1 is 0.457 bits per heavy atom. The van der Waals surface area contributed by atoms with E-state index >= 15 is 0 Å². The van der Waals surface area contributed by atoms with Crippen molar-refractivity contribution in [3.8, 4) is 0 Å². The van der Waals surface area contributed by atoms with Gasteiger partial charge in [0.05, 0.1) is 27.7 Å². The first-order valence-electron chi connectivity index (χ1n) is 28.3. The molecule has 0 aliphatic heterocycles. The molecule has 0 rings (SSSR count). The standard InChI is InChI=1S/C60H106NO8P/c1-6-8-10-12-14-16-18-20-22-23-24-25-26-27-28-29-30-31-32-33-34-35-36-37-39-41-43-45-47-49-51-53-60(63)69-58(57-68-70(64,65)67-55-54-61(3,4)5)56-66-59(62)52-50-48-46-44-42-40-38-21-19-17-15-13-11-9-7-2/h8,10,14,16,20,22,24-25,27-28,30-31,33-34,58H,6-7,9,11-13,15,17-19,21,23,26,29,32,35-57H2,1-5H3/p+1/b10-8-,16-14-,22-20-,25-24-,28-27-,31-30-,34-33-. The normalized spacial score (nSPS) is 14.0. The van der Waals surface area contributed by atoms with Crippen molar-refractivity contribution in [2.75, 3.05) is 47.5 Å². The summed E-state index contributed by atoms with van der Waals surface area (Å²) in [5.41, 5.74) is 0. The third kappa shape index (κ3) is 54.5. The third-order valence-electron chi connectivity index (χ3n) is 11.9. The van der Waals surface area contributed by atoms with E-state index < -0.39 is 26.5 Å². The van der Waals surface area contributed by atoms with Crippen LogP contribution in [-0.4, -0.2) is 74.9 Å². The molecule has 9 nitrogen and oxygen atoms in total. The van der Waals surface area contributed by atoms with Gasteiger partial charge in [-0.1, -0.05) is 234 Å². The van der Waals surface area contributed by atoms with Crippen LogP contribution in [0.4, 0.5) is 0 Å². The van der Waals surface area contributed by atoms with Crippen LogP contribution in [0.3, 0.4) is 0 Å². The van der Waals surface area contributed by atoms with Crippen LogP contribution >= 0.6 is 7.82 Å². The molecule has 0 amide bonds. The van der Waals surface area contributed by atoms with E-state index in [1.807, 2.05) is 21.1 Å². The van der Waals surface area contributed by atoms with Gasteiger partial charge in [-0.25, -0.2) is 4.57 Å². The highest BCUT2D eigenvalue weighted by molar-refractivity contribution is 7.47. The molecule has 70 heavy (non-hydrogen) atoms. The largest absolute Gasteiger partial charge is 0.472 e. The van der Waals surface area contributed by atoms with Gasteiger partial charge in [0.25, 0.3) is 0 Å². The molecule has 0 aliphatic rings.